The molecule has 2 aliphatic carbocycles. The first-order chi connectivity index (χ1) is 13.0. The van der Waals surface area contributed by atoms with Gasteiger partial charge in [0, 0.05) is 12.1 Å². The van der Waals surface area contributed by atoms with Crippen LogP contribution in [0.25, 0.3) is 0 Å². The van der Waals surface area contributed by atoms with E-state index in [0.717, 1.165) is 17.7 Å². The van der Waals surface area contributed by atoms with Crippen molar-refractivity contribution in [3.05, 3.63) is 28.8 Å². The minimum absolute atomic E-state index is 0.117. The summed E-state index contributed by atoms with van der Waals surface area (Å²) in [5.74, 6) is 1.43. The van der Waals surface area contributed by atoms with Crippen LogP contribution in [0, 0.1) is 18.3 Å². The summed E-state index contributed by atoms with van der Waals surface area (Å²) in [6.45, 7) is 17.6. The van der Waals surface area contributed by atoms with E-state index in [4.69, 9.17) is 4.74 Å². The number of aryl methyl sites for hydroxylation is 2. The van der Waals surface area contributed by atoms with Crippen LogP contribution in [0.15, 0.2) is 12.1 Å². The quantitative estimate of drug-likeness (QED) is 0.583. The highest BCUT2D eigenvalue weighted by Crippen LogP contribution is 2.57. The number of hydrogen-bond acceptors (Lipinski definition) is 2. The smallest absolute Gasteiger partial charge is 0.410 e. The predicted molar refractivity (Wildman–Crippen MR) is 116 cm³/mol. The van der Waals surface area contributed by atoms with Crippen molar-refractivity contribution in [3.8, 4) is 5.75 Å². The number of nitrogens with zero attached hydrogens (tertiary/aromatic N) is 1. The minimum atomic E-state index is -0.241. The van der Waals surface area contributed by atoms with Gasteiger partial charge in [-0.2, -0.15) is 0 Å². The number of ether oxygens (including phenoxy) is 1. The molecule has 1 amide bonds. The third kappa shape index (κ3) is 3.57. The van der Waals surface area contributed by atoms with Gasteiger partial charge < -0.3 is 9.64 Å². The molecule has 2 aliphatic rings. The summed E-state index contributed by atoms with van der Waals surface area (Å²) in [6, 6.07) is 4.71. The molecular weight excluding hydrogens is 346 g/mol. The Morgan fingerprint density at radius 3 is 2.36 bits per heavy atom. The van der Waals surface area contributed by atoms with E-state index in [2.05, 4.69) is 39.8 Å². The molecule has 0 unspecified atom stereocenters. The second-order valence-electron chi connectivity index (χ2n) is 10.6. The maximum atomic E-state index is 12.9. The molecule has 28 heavy (non-hydrogen) atoms. The molecule has 1 saturated carbocycles. The fraction of sp³-hybridized carbons (Fsp3) is 0.720. The number of rotatable bonds is 3. The molecule has 2 atom stereocenters. The van der Waals surface area contributed by atoms with Crippen LogP contribution >= 0.6 is 0 Å². The molecule has 0 heterocycles. The number of hydrogen-bond donors (Lipinski definition) is 0. The third-order valence-electron chi connectivity index (χ3n) is 7.47. The Morgan fingerprint density at radius 1 is 1.11 bits per heavy atom. The largest absolute Gasteiger partial charge is 0.415 e. The lowest BCUT2D eigenvalue weighted by atomic mass is 9.50. The molecule has 0 bridgehead atoms. The van der Waals surface area contributed by atoms with Gasteiger partial charge in [0.15, 0.2) is 0 Å². The molecule has 0 aromatic heterocycles. The zero-order chi connectivity index (χ0) is 20.9. The average molecular weight is 386 g/mol. The number of amides is 1. The van der Waals surface area contributed by atoms with E-state index in [9.17, 15) is 4.79 Å². The molecule has 0 spiro atoms. The standard InChI is InChI=1S/C25H39NO2/c1-16(2)26(17(3)4)23(27)28-21-15-20-19(14-18(21)5)10-11-22-24(6,7)12-9-13-25(20,22)8/h14-17,22H,9-13H2,1-8H3/t22-,25+/m0/s1. The van der Waals surface area contributed by atoms with E-state index in [0.29, 0.717) is 11.3 Å². The van der Waals surface area contributed by atoms with Crippen molar-refractivity contribution in [2.45, 2.75) is 105 Å². The van der Waals surface area contributed by atoms with Crippen LogP contribution in [0.1, 0.15) is 90.8 Å². The second-order valence-corrected chi connectivity index (χ2v) is 10.6. The Hall–Kier alpha value is -1.51. The highest BCUT2D eigenvalue weighted by Gasteiger charge is 2.49. The van der Waals surface area contributed by atoms with Crippen molar-refractivity contribution in [2.75, 3.05) is 0 Å². The summed E-state index contributed by atoms with van der Waals surface area (Å²) >= 11 is 0. The summed E-state index contributed by atoms with van der Waals surface area (Å²) in [7, 11) is 0. The van der Waals surface area contributed by atoms with Crippen molar-refractivity contribution >= 4 is 6.09 Å². The van der Waals surface area contributed by atoms with Crippen LogP contribution in [0.5, 0.6) is 5.75 Å². The lowest BCUT2D eigenvalue weighted by Crippen LogP contribution is -2.48. The van der Waals surface area contributed by atoms with Crippen LogP contribution in [-0.4, -0.2) is 23.1 Å². The summed E-state index contributed by atoms with van der Waals surface area (Å²) < 4.78 is 5.96. The second kappa shape index (κ2) is 7.39. The Morgan fingerprint density at radius 2 is 1.75 bits per heavy atom. The van der Waals surface area contributed by atoms with Crippen LogP contribution in [-0.2, 0) is 11.8 Å². The molecule has 0 aliphatic heterocycles. The molecule has 3 rings (SSSR count). The molecule has 1 aromatic carbocycles. The van der Waals surface area contributed by atoms with Crippen molar-refractivity contribution in [3.63, 3.8) is 0 Å². The number of benzene rings is 1. The van der Waals surface area contributed by atoms with E-state index in [1.807, 2.05) is 32.6 Å². The minimum Gasteiger partial charge on any atom is -0.410 e. The lowest BCUT2D eigenvalue weighted by Gasteiger charge is -2.54. The van der Waals surface area contributed by atoms with E-state index >= 15 is 0 Å². The van der Waals surface area contributed by atoms with Gasteiger partial charge in [0.2, 0.25) is 0 Å². The highest BCUT2D eigenvalue weighted by molar-refractivity contribution is 5.72. The third-order valence-corrected chi connectivity index (χ3v) is 7.47. The maximum Gasteiger partial charge on any atom is 0.415 e. The number of fused-ring (bicyclic) bond motifs is 3. The van der Waals surface area contributed by atoms with Crippen molar-refractivity contribution in [1.82, 2.24) is 4.90 Å². The zero-order valence-corrected chi connectivity index (χ0v) is 19.2. The topological polar surface area (TPSA) is 29.5 Å². The van der Waals surface area contributed by atoms with Gasteiger partial charge in [0.25, 0.3) is 0 Å². The molecule has 0 radical (unpaired) electrons. The number of carbonyl (C=O) groups is 1. The van der Waals surface area contributed by atoms with Gasteiger partial charge >= 0.3 is 6.09 Å². The summed E-state index contributed by atoms with van der Waals surface area (Å²) in [4.78, 5) is 14.7. The van der Waals surface area contributed by atoms with E-state index in [1.165, 1.54) is 36.8 Å². The molecule has 1 aromatic rings. The molecule has 3 nitrogen and oxygen atoms in total. The lowest BCUT2D eigenvalue weighted by molar-refractivity contribution is 0.0405. The van der Waals surface area contributed by atoms with Crippen LogP contribution < -0.4 is 4.74 Å². The maximum absolute atomic E-state index is 12.9. The van der Waals surface area contributed by atoms with Gasteiger partial charge in [0.1, 0.15) is 5.75 Å². The van der Waals surface area contributed by atoms with Gasteiger partial charge in [-0.1, -0.05) is 33.3 Å². The van der Waals surface area contributed by atoms with Crippen LogP contribution in [0.3, 0.4) is 0 Å². The van der Waals surface area contributed by atoms with Crippen molar-refractivity contribution in [1.29, 1.82) is 0 Å². The van der Waals surface area contributed by atoms with Gasteiger partial charge in [-0.05, 0) is 99.8 Å². The molecular formula is C25H39NO2. The van der Waals surface area contributed by atoms with Crippen molar-refractivity contribution in [2.24, 2.45) is 11.3 Å². The first-order valence-corrected chi connectivity index (χ1v) is 11.1. The molecule has 3 heteroatoms. The Labute approximate surface area is 171 Å². The SMILES string of the molecule is Cc1cc2c(cc1OC(=O)N(C(C)C)C(C)C)[C@@]1(C)CCCC(C)(C)[C@@H]1CC2. The van der Waals surface area contributed by atoms with Gasteiger partial charge in [0.05, 0.1) is 0 Å². The molecule has 0 saturated heterocycles. The molecule has 0 N–H and O–H groups in total. The summed E-state index contributed by atoms with van der Waals surface area (Å²) in [5, 5.41) is 0. The molecule has 156 valence electrons. The van der Waals surface area contributed by atoms with E-state index in [-0.39, 0.29) is 23.6 Å². The van der Waals surface area contributed by atoms with Crippen LogP contribution in [0.4, 0.5) is 4.79 Å². The van der Waals surface area contributed by atoms with Crippen LogP contribution in [0.2, 0.25) is 0 Å². The van der Waals surface area contributed by atoms with E-state index < -0.39 is 0 Å². The Balaban J connectivity index is 1.97. The van der Waals surface area contributed by atoms with Gasteiger partial charge in [-0.15, -0.1) is 0 Å². The first kappa shape index (κ1) is 21.2. The Bertz CT molecular complexity index is 741. The van der Waals surface area contributed by atoms with Gasteiger partial charge in [-0.3, -0.25) is 0 Å². The van der Waals surface area contributed by atoms with Crippen molar-refractivity contribution < 1.29 is 9.53 Å². The van der Waals surface area contributed by atoms with E-state index in [1.54, 1.807) is 0 Å². The average Bonchev–Trinajstić information content (AvgIpc) is 2.54. The zero-order valence-electron chi connectivity index (χ0n) is 19.2. The highest BCUT2D eigenvalue weighted by atomic mass is 16.6. The Kier molecular flexibility index (Phi) is 5.59. The summed E-state index contributed by atoms with van der Waals surface area (Å²) in [5.41, 5.74) is 4.50. The number of carbonyl (C=O) groups excluding carboxylic acids is 1. The molecule has 1 fully saturated rings. The predicted octanol–water partition coefficient (Wildman–Crippen LogP) is 6.64. The first-order valence-electron chi connectivity index (χ1n) is 11.1. The normalized spacial score (nSPS) is 26.0. The fourth-order valence-electron chi connectivity index (χ4n) is 6.21. The summed E-state index contributed by atoms with van der Waals surface area (Å²) in [6.07, 6.45) is 5.98. The van der Waals surface area contributed by atoms with Gasteiger partial charge in [-0.25, -0.2) is 4.79 Å². The fourth-order valence-corrected chi connectivity index (χ4v) is 6.21. The monoisotopic (exact) mass is 385 g/mol.